The van der Waals surface area contributed by atoms with Gasteiger partial charge in [-0.05, 0) is 50.3 Å². The fourth-order valence-corrected chi connectivity index (χ4v) is 2.32. The summed E-state index contributed by atoms with van der Waals surface area (Å²) in [4.78, 5) is 23.2. The van der Waals surface area contributed by atoms with Crippen LogP contribution in [-0.2, 0) is 9.59 Å². The van der Waals surface area contributed by atoms with E-state index in [4.69, 9.17) is 5.11 Å². The fraction of sp³-hybridized carbons (Fsp3) is 0.467. The zero-order chi connectivity index (χ0) is 14.2. The Morgan fingerprint density at radius 1 is 1.32 bits per heavy atom. The van der Waals surface area contributed by atoms with Crippen molar-refractivity contribution < 1.29 is 14.7 Å². The molecule has 0 aliphatic heterocycles. The molecule has 2 rings (SSSR count). The normalized spacial score (nSPS) is 17.6. The van der Waals surface area contributed by atoms with Crippen molar-refractivity contribution in [2.75, 3.05) is 0 Å². The Balaban J connectivity index is 2.14. The van der Waals surface area contributed by atoms with Crippen LogP contribution in [0, 0.1) is 19.3 Å². The number of aliphatic carboxylic acids is 1. The number of amides is 1. The van der Waals surface area contributed by atoms with Gasteiger partial charge in [-0.3, -0.25) is 9.59 Å². The molecular weight excluding hydrogens is 242 g/mol. The zero-order valence-corrected chi connectivity index (χ0v) is 11.5. The predicted octanol–water partition coefficient (Wildman–Crippen LogP) is 2.35. The molecule has 0 heterocycles. The third kappa shape index (κ3) is 2.35. The maximum absolute atomic E-state index is 12.1. The summed E-state index contributed by atoms with van der Waals surface area (Å²) in [5.41, 5.74) is 2.16. The molecule has 1 aliphatic carbocycles. The van der Waals surface area contributed by atoms with Gasteiger partial charge in [0.05, 0.1) is 6.04 Å². The van der Waals surface area contributed by atoms with E-state index >= 15 is 0 Å². The molecule has 0 saturated heterocycles. The molecule has 1 aromatic rings. The van der Waals surface area contributed by atoms with Crippen LogP contribution in [0.4, 0.5) is 0 Å². The summed E-state index contributed by atoms with van der Waals surface area (Å²) < 4.78 is 0. The van der Waals surface area contributed by atoms with Crippen molar-refractivity contribution in [1.82, 2.24) is 5.32 Å². The van der Waals surface area contributed by atoms with Crippen molar-refractivity contribution in [3.63, 3.8) is 0 Å². The molecule has 1 saturated carbocycles. The number of carbonyl (C=O) groups excluding carboxylic acids is 1. The molecule has 1 aliphatic rings. The van der Waals surface area contributed by atoms with Gasteiger partial charge in [0.15, 0.2) is 0 Å². The van der Waals surface area contributed by atoms with Gasteiger partial charge in [-0.2, -0.15) is 0 Å². The van der Waals surface area contributed by atoms with E-state index in [0.717, 1.165) is 16.7 Å². The highest BCUT2D eigenvalue weighted by molar-refractivity contribution is 6.04. The number of aryl methyl sites for hydroxylation is 1. The Morgan fingerprint density at radius 3 is 2.47 bits per heavy atom. The Bertz CT molecular complexity index is 532. The summed E-state index contributed by atoms with van der Waals surface area (Å²) in [6, 6.07) is 5.76. The molecule has 4 nitrogen and oxygen atoms in total. The molecular formula is C15H19NO3. The molecule has 1 atom stereocenters. The van der Waals surface area contributed by atoms with Crippen LogP contribution in [0.2, 0.25) is 0 Å². The van der Waals surface area contributed by atoms with Crippen LogP contribution in [0.3, 0.4) is 0 Å². The smallest absolute Gasteiger partial charge is 0.319 e. The third-order valence-corrected chi connectivity index (χ3v) is 4.05. The standard InChI is InChI=1S/C15H19NO3/c1-9-5-4-6-12(10(9)2)11(3)16-13(17)15(7-8-15)14(18)19/h4-6,11H,7-8H2,1-3H3,(H,16,17)(H,18,19)/t11-/m0/s1. The quantitative estimate of drug-likeness (QED) is 0.817. The molecule has 1 fully saturated rings. The molecule has 0 aromatic heterocycles. The highest BCUT2D eigenvalue weighted by Gasteiger charge is 2.57. The van der Waals surface area contributed by atoms with E-state index in [1.807, 2.05) is 39.0 Å². The summed E-state index contributed by atoms with van der Waals surface area (Å²) in [6.45, 7) is 5.92. The van der Waals surface area contributed by atoms with Gasteiger partial charge < -0.3 is 10.4 Å². The van der Waals surface area contributed by atoms with E-state index < -0.39 is 11.4 Å². The molecule has 0 bridgehead atoms. The van der Waals surface area contributed by atoms with Crippen molar-refractivity contribution >= 4 is 11.9 Å². The van der Waals surface area contributed by atoms with Crippen molar-refractivity contribution in [2.24, 2.45) is 5.41 Å². The summed E-state index contributed by atoms with van der Waals surface area (Å²) >= 11 is 0. The largest absolute Gasteiger partial charge is 0.480 e. The lowest BCUT2D eigenvalue weighted by atomic mass is 9.97. The zero-order valence-electron chi connectivity index (χ0n) is 11.5. The van der Waals surface area contributed by atoms with Gasteiger partial charge in [-0.15, -0.1) is 0 Å². The predicted molar refractivity (Wildman–Crippen MR) is 71.8 cm³/mol. The minimum absolute atomic E-state index is 0.177. The second kappa shape index (κ2) is 4.68. The van der Waals surface area contributed by atoms with E-state index in [-0.39, 0.29) is 11.9 Å². The molecule has 1 aromatic carbocycles. The average molecular weight is 261 g/mol. The summed E-state index contributed by atoms with van der Waals surface area (Å²) in [5, 5.41) is 11.9. The van der Waals surface area contributed by atoms with Gasteiger partial charge in [0.2, 0.25) is 5.91 Å². The van der Waals surface area contributed by atoms with Crippen LogP contribution in [0.25, 0.3) is 0 Å². The van der Waals surface area contributed by atoms with Crippen LogP contribution in [0.1, 0.15) is 42.5 Å². The lowest BCUT2D eigenvalue weighted by Crippen LogP contribution is -2.38. The van der Waals surface area contributed by atoms with Crippen LogP contribution in [0.15, 0.2) is 18.2 Å². The number of benzene rings is 1. The molecule has 0 unspecified atom stereocenters. The third-order valence-electron chi connectivity index (χ3n) is 4.05. The first-order valence-corrected chi connectivity index (χ1v) is 6.49. The minimum Gasteiger partial charge on any atom is -0.480 e. The second-order valence-electron chi connectivity index (χ2n) is 5.37. The minimum atomic E-state index is -1.17. The number of rotatable bonds is 4. The molecule has 1 amide bonds. The van der Waals surface area contributed by atoms with E-state index in [0.29, 0.717) is 12.8 Å². The van der Waals surface area contributed by atoms with Gasteiger partial charge in [-0.1, -0.05) is 18.2 Å². The van der Waals surface area contributed by atoms with Gasteiger partial charge in [-0.25, -0.2) is 0 Å². The van der Waals surface area contributed by atoms with Crippen LogP contribution in [0.5, 0.6) is 0 Å². The maximum Gasteiger partial charge on any atom is 0.319 e. The number of carboxylic acids is 1. The van der Waals surface area contributed by atoms with Gasteiger partial charge in [0, 0.05) is 0 Å². The Morgan fingerprint density at radius 2 is 1.95 bits per heavy atom. The average Bonchev–Trinajstić information content (AvgIpc) is 3.13. The van der Waals surface area contributed by atoms with Gasteiger partial charge in [0.25, 0.3) is 0 Å². The molecule has 102 valence electrons. The van der Waals surface area contributed by atoms with E-state index in [1.54, 1.807) is 0 Å². The van der Waals surface area contributed by atoms with E-state index in [9.17, 15) is 9.59 Å². The highest BCUT2D eigenvalue weighted by Crippen LogP contribution is 2.46. The maximum atomic E-state index is 12.1. The van der Waals surface area contributed by atoms with Crippen LogP contribution in [-0.4, -0.2) is 17.0 Å². The molecule has 19 heavy (non-hydrogen) atoms. The molecule has 0 spiro atoms. The molecule has 2 N–H and O–H groups in total. The van der Waals surface area contributed by atoms with Crippen molar-refractivity contribution in [3.05, 3.63) is 34.9 Å². The Kier molecular flexibility index (Phi) is 3.35. The molecule has 0 radical (unpaired) electrons. The van der Waals surface area contributed by atoms with E-state index in [2.05, 4.69) is 5.32 Å². The Labute approximate surface area is 112 Å². The number of carboxylic acid groups (broad SMARTS) is 1. The topological polar surface area (TPSA) is 66.4 Å². The van der Waals surface area contributed by atoms with Crippen molar-refractivity contribution in [2.45, 2.75) is 39.7 Å². The number of hydrogen-bond donors (Lipinski definition) is 2. The monoisotopic (exact) mass is 261 g/mol. The highest BCUT2D eigenvalue weighted by atomic mass is 16.4. The lowest BCUT2D eigenvalue weighted by Gasteiger charge is -2.20. The van der Waals surface area contributed by atoms with Crippen molar-refractivity contribution in [1.29, 1.82) is 0 Å². The van der Waals surface area contributed by atoms with Gasteiger partial charge >= 0.3 is 5.97 Å². The summed E-state index contributed by atoms with van der Waals surface area (Å²) in [5.74, 6) is -1.38. The summed E-state index contributed by atoms with van der Waals surface area (Å²) in [7, 11) is 0. The first-order chi connectivity index (χ1) is 8.88. The Hall–Kier alpha value is -1.84. The van der Waals surface area contributed by atoms with E-state index in [1.165, 1.54) is 0 Å². The first-order valence-electron chi connectivity index (χ1n) is 6.49. The number of hydrogen-bond acceptors (Lipinski definition) is 2. The SMILES string of the molecule is Cc1cccc([C@H](C)NC(=O)C2(C(=O)O)CC2)c1C. The van der Waals surface area contributed by atoms with Crippen LogP contribution < -0.4 is 5.32 Å². The number of nitrogens with one attached hydrogen (secondary N) is 1. The first kappa shape index (κ1) is 13.6. The van der Waals surface area contributed by atoms with Crippen LogP contribution >= 0.6 is 0 Å². The molecule has 4 heteroatoms. The summed E-state index contributed by atoms with van der Waals surface area (Å²) in [6.07, 6.45) is 0.876. The lowest BCUT2D eigenvalue weighted by molar-refractivity contribution is -0.149. The van der Waals surface area contributed by atoms with Gasteiger partial charge in [0.1, 0.15) is 5.41 Å². The fourth-order valence-electron chi connectivity index (χ4n) is 2.32. The van der Waals surface area contributed by atoms with Crippen molar-refractivity contribution in [3.8, 4) is 0 Å². The second-order valence-corrected chi connectivity index (χ2v) is 5.37. The number of carbonyl (C=O) groups is 2.